The lowest BCUT2D eigenvalue weighted by Gasteiger charge is -2.43. The maximum absolute atomic E-state index is 11.2. The fraction of sp³-hybridized carbons (Fsp3) is 0.939. The SMILES string of the molecule is CC(C)CC1CCC(C(C)OC2CCC(C(O)/C=C/C3CCCCC3OCCCC(O)O)C(C)C2C)CC1. The summed E-state index contributed by atoms with van der Waals surface area (Å²) in [7, 11) is 0. The second-order valence-electron chi connectivity index (χ2n) is 13.6. The van der Waals surface area contributed by atoms with Crippen LogP contribution < -0.4 is 0 Å². The summed E-state index contributed by atoms with van der Waals surface area (Å²) in [5.41, 5.74) is 0. The van der Waals surface area contributed by atoms with E-state index < -0.39 is 12.4 Å². The molecule has 38 heavy (non-hydrogen) atoms. The second-order valence-corrected chi connectivity index (χ2v) is 13.6. The highest BCUT2D eigenvalue weighted by Gasteiger charge is 2.39. The Bertz CT molecular complexity index is 670. The lowest BCUT2D eigenvalue weighted by atomic mass is 9.69. The van der Waals surface area contributed by atoms with E-state index in [0.29, 0.717) is 55.3 Å². The largest absolute Gasteiger partial charge is 0.389 e. The van der Waals surface area contributed by atoms with Gasteiger partial charge < -0.3 is 24.8 Å². The van der Waals surface area contributed by atoms with E-state index in [-0.39, 0.29) is 12.0 Å². The zero-order chi connectivity index (χ0) is 27.7. The highest BCUT2D eigenvalue weighted by atomic mass is 16.5. The maximum Gasteiger partial charge on any atom is 0.151 e. The Morgan fingerprint density at radius 3 is 2.21 bits per heavy atom. The summed E-state index contributed by atoms with van der Waals surface area (Å²) in [6.07, 6.45) is 17.7. The summed E-state index contributed by atoms with van der Waals surface area (Å²) in [6.45, 7) is 12.2. The quantitative estimate of drug-likeness (QED) is 0.136. The van der Waals surface area contributed by atoms with E-state index >= 15 is 0 Å². The van der Waals surface area contributed by atoms with Crippen LogP contribution in [0.4, 0.5) is 0 Å². The third-order valence-electron chi connectivity index (χ3n) is 10.3. The summed E-state index contributed by atoms with van der Waals surface area (Å²) >= 11 is 0. The normalized spacial score (nSPS) is 36.7. The van der Waals surface area contributed by atoms with Gasteiger partial charge in [0, 0.05) is 18.9 Å². The highest BCUT2D eigenvalue weighted by molar-refractivity contribution is 5.01. The molecule has 0 bridgehead atoms. The molecule has 0 spiro atoms. The second kappa shape index (κ2) is 16.1. The van der Waals surface area contributed by atoms with Gasteiger partial charge in [-0.2, -0.15) is 0 Å². The average Bonchev–Trinajstić information content (AvgIpc) is 2.88. The molecule has 3 fully saturated rings. The van der Waals surface area contributed by atoms with Gasteiger partial charge in [-0.25, -0.2) is 0 Å². The van der Waals surface area contributed by atoms with E-state index in [0.717, 1.165) is 37.5 Å². The van der Waals surface area contributed by atoms with Gasteiger partial charge in [-0.15, -0.1) is 0 Å². The third kappa shape index (κ3) is 9.87. The number of ether oxygens (including phenoxy) is 2. The first-order valence-electron chi connectivity index (χ1n) is 16.1. The predicted octanol–water partition coefficient (Wildman–Crippen LogP) is 6.88. The van der Waals surface area contributed by atoms with Gasteiger partial charge in [0.15, 0.2) is 6.29 Å². The smallest absolute Gasteiger partial charge is 0.151 e. The molecule has 8 atom stereocenters. The lowest BCUT2D eigenvalue weighted by Crippen LogP contribution is -2.43. The third-order valence-corrected chi connectivity index (χ3v) is 10.3. The Labute approximate surface area is 233 Å². The Kier molecular flexibility index (Phi) is 13.6. The first-order valence-corrected chi connectivity index (χ1v) is 16.1. The topological polar surface area (TPSA) is 79.2 Å². The van der Waals surface area contributed by atoms with E-state index in [2.05, 4.69) is 46.8 Å². The molecule has 0 aromatic carbocycles. The minimum atomic E-state index is -1.25. The Hall–Kier alpha value is -0.460. The van der Waals surface area contributed by atoms with Crippen LogP contribution in [0.5, 0.6) is 0 Å². The molecule has 0 radical (unpaired) electrons. The van der Waals surface area contributed by atoms with Crippen LogP contribution in [0.2, 0.25) is 0 Å². The van der Waals surface area contributed by atoms with Gasteiger partial charge in [-0.3, -0.25) is 0 Å². The molecule has 0 heterocycles. The molecule has 8 unspecified atom stereocenters. The number of aliphatic hydroxyl groups is 3. The van der Waals surface area contributed by atoms with Crippen molar-refractivity contribution < 1.29 is 24.8 Å². The molecule has 222 valence electrons. The lowest BCUT2D eigenvalue weighted by molar-refractivity contribution is -0.107. The molecular weight excluding hydrogens is 476 g/mol. The molecule has 3 rings (SSSR count). The van der Waals surface area contributed by atoms with Gasteiger partial charge in [0.25, 0.3) is 0 Å². The summed E-state index contributed by atoms with van der Waals surface area (Å²) in [4.78, 5) is 0. The fourth-order valence-electron chi connectivity index (χ4n) is 7.68. The van der Waals surface area contributed by atoms with E-state index in [9.17, 15) is 5.11 Å². The van der Waals surface area contributed by atoms with Crippen LogP contribution in [0, 0.1) is 41.4 Å². The maximum atomic E-state index is 11.2. The zero-order valence-corrected chi connectivity index (χ0v) is 25.1. The molecular formula is C33H60O5. The van der Waals surface area contributed by atoms with E-state index in [1.54, 1.807) is 0 Å². The first-order chi connectivity index (χ1) is 18.2. The van der Waals surface area contributed by atoms with Crippen molar-refractivity contribution in [3.8, 4) is 0 Å². The minimum Gasteiger partial charge on any atom is -0.389 e. The average molecular weight is 537 g/mol. The number of hydrogen-bond donors (Lipinski definition) is 3. The Morgan fingerprint density at radius 2 is 1.53 bits per heavy atom. The molecule has 0 amide bonds. The van der Waals surface area contributed by atoms with Crippen molar-refractivity contribution >= 4 is 0 Å². The standard InChI is InChI=1S/C33H60O5/c1-22(2)21-26-12-14-27(15-13-26)25(5)38-31-19-17-29(23(3)24(31)4)30(34)18-16-28-9-6-7-10-32(28)37-20-8-11-33(35)36/h16,18,22-36H,6-15,17,19-21H2,1-5H3/b18-16+. The summed E-state index contributed by atoms with van der Waals surface area (Å²) in [5.74, 6) is 3.90. The van der Waals surface area contributed by atoms with Crippen LogP contribution in [0.1, 0.15) is 118 Å². The Balaban J connectivity index is 1.45. The van der Waals surface area contributed by atoms with E-state index in [1.165, 1.54) is 44.9 Å². The zero-order valence-electron chi connectivity index (χ0n) is 25.1. The van der Waals surface area contributed by atoms with Crippen molar-refractivity contribution in [2.24, 2.45) is 41.4 Å². The summed E-state index contributed by atoms with van der Waals surface area (Å²) in [6, 6.07) is 0. The van der Waals surface area contributed by atoms with Gasteiger partial charge in [-0.05, 0) is 93.8 Å². The molecule has 0 saturated heterocycles. The fourth-order valence-corrected chi connectivity index (χ4v) is 7.68. The molecule has 3 aliphatic rings. The van der Waals surface area contributed by atoms with Crippen LogP contribution in [-0.2, 0) is 9.47 Å². The molecule has 0 aliphatic heterocycles. The van der Waals surface area contributed by atoms with Crippen LogP contribution in [-0.4, -0.2) is 52.6 Å². The van der Waals surface area contributed by atoms with Crippen LogP contribution in [0.15, 0.2) is 12.2 Å². The molecule has 5 nitrogen and oxygen atoms in total. The van der Waals surface area contributed by atoms with Crippen molar-refractivity contribution in [2.45, 2.75) is 149 Å². The van der Waals surface area contributed by atoms with Crippen molar-refractivity contribution in [1.29, 1.82) is 0 Å². The first kappa shape index (κ1) is 32.1. The van der Waals surface area contributed by atoms with Crippen LogP contribution in [0.25, 0.3) is 0 Å². The minimum absolute atomic E-state index is 0.172. The molecule has 3 N–H and O–H groups in total. The van der Waals surface area contributed by atoms with Gasteiger partial charge in [0.1, 0.15) is 0 Å². The predicted molar refractivity (Wildman–Crippen MR) is 155 cm³/mol. The molecule has 5 heteroatoms. The number of hydrogen-bond acceptors (Lipinski definition) is 5. The van der Waals surface area contributed by atoms with Crippen molar-refractivity contribution in [1.82, 2.24) is 0 Å². The molecule has 3 aliphatic carbocycles. The van der Waals surface area contributed by atoms with Crippen LogP contribution in [0.3, 0.4) is 0 Å². The van der Waals surface area contributed by atoms with E-state index in [4.69, 9.17) is 19.7 Å². The van der Waals surface area contributed by atoms with Crippen molar-refractivity contribution in [3.63, 3.8) is 0 Å². The number of aliphatic hydroxyl groups excluding tert-OH is 2. The monoisotopic (exact) mass is 536 g/mol. The van der Waals surface area contributed by atoms with E-state index in [1.807, 2.05) is 0 Å². The highest BCUT2D eigenvalue weighted by Crippen LogP contribution is 2.41. The van der Waals surface area contributed by atoms with Crippen LogP contribution >= 0.6 is 0 Å². The van der Waals surface area contributed by atoms with Crippen molar-refractivity contribution in [3.05, 3.63) is 12.2 Å². The summed E-state index contributed by atoms with van der Waals surface area (Å²) < 4.78 is 12.9. The van der Waals surface area contributed by atoms with Gasteiger partial charge in [0.2, 0.25) is 0 Å². The van der Waals surface area contributed by atoms with Gasteiger partial charge >= 0.3 is 0 Å². The number of rotatable bonds is 13. The van der Waals surface area contributed by atoms with Gasteiger partial charge in [-0.1, -0.05) is 65.5 Å². The molecule has 0 aromatic rings. The molecule has 3 saturated carbocycles. The summed E-state index contributed by atoms with van der Waals surface area (Å²) in [5, 5.41) is 29.3. The van der Waals surface area contributed by atoms with Crippen molar-refractivity contribution in [2.75, 3.05) is 6.61 Å². The van der Waals surface area contributed by atoms with Gasteiger partial charge in [0.05, 0.1) is 24.4 Å². The molecule has 0 aromatic heterocycles. The Morgan fingerprint density at radius 1 is 0.816 bits per heavy atom.